The van der Waals surface area contributed by atoms with E-state index in [2.05, 4.69) is 36.3 Å². The average Bonchev–Trinajstić information content (AvgIpc) is 3.23. The van der Waals surface area contributed by atoms with Gasteiger partial charge in [-0.2, -0.15) is 0 Å². The number of carbonyl (C=O) groups excluding carboxylic acids is 1. The molecule has 0 spiro atoms. The van der Waals surface area contributed by atoms with Gasteiger partial charge in [0.25, 0.3) is 5.22 Å². The summed E-state index contributed by atoms with van der Waals surface area (Å²) in [7, 11) is 0. The molecule has 7 nitrogen and oxygen atoms in total. The topological polar surface area (TPSA) is 80.5 Å². The quantitative estimate of drug-likeness (QED) is 0.513. The third-order valence-electron chi connectivity index (χ3n) is 4.67. The van der Waals surface area contributed by atoms with E-state index in [9.17, 15) is 4.79 Å². The standard InChI is InChI=1S/C21H21BrN4O3S/c1-14(30-21-25-24-20(29-21)17-4-2-3-5-18(17)22)19(27)23-15-6-8-16(9-7-15)26-10-12-28-13-11-26/h2-9,14H,10-13H2,1H3,(H,23,27)/t14-/m1/s1. The Kier molecular flexibility index (Phi) is 6.71. The molecule has 1 fully saturated rings. The van der Waals surface area contributed by atoms with Crippen molar-refractivity contribution in [2.24, 2.45) is 0 Å². The fourth-order valence-electron chi connectivity index (χ4n) is 3.03. The lowest BCUT2D eigenvalue weighted by Gasteiger charge is -2.28. The number of hydrogen-bond donors (Lipinski definition) is 1. The van der Waals surface area contributed by atoms with Gasteiger partial charge in [-0.15, -0.1) is 10.2 Å². The van der Waals surface area contributed by atoms with Crippen molar-refractivity contribution in [1.29, 1.82) is 0 Å². The Hall–Kier alpha value is -2.36. The molecule has 0 bridgehead atoms. The molecule has 30 heavy (non-hydrogen) atoms. The third-order valence-corrected chi connectivity index (χ3v) is 6.29. The minimum absolute atomic E-state index is 0.125. The summed E-state index contributed by atoms with van der Waals surface area (Å²) in [5.41, 5.74) is 2.70. The molecule has 4 rings (SSSR count). The predicted octanol–water partition coefficient (Wildman–Crippen LogP) is 4.46. The summed E-state index contributed by atoms with van der Waals surface area (Å²) in [6.07, 6.45) is 0. The van der Waals surface area contributed by atoms with Crippen LogP contribution in [0.4, 0.5) is 11.4 Å². The largest absolute Gasteiger partial charge is 0.411 e. The van der Waals surface area contributed by atoms with Crippen LogP contribution in [0.3, 0.4) is 0 Å². The number of hydrogen-bond acceptors (Lipinski definition) is 7. The molecule has 1 aliphatic rings. The first kappa shape index (κ1) is 20.9. The summed E-state index contributed by atoms with van der Waals surface area (Å²) < 4.78 is 12.0. The molecule has 1 N–H and O–H groups in total. The highest BCUT2D eigenvalue weighted by atomic mass is 79.9. The number of aromatic nitrogens is 2. The molecule has 2 heterocycles. The fraction of sp³-hybridized carbons (Fsp3) is 0.286. The van der Waals surface area contributed by atoms with E-state index in [0.717, 1.165) is 47.7 Å². The molecule has 0 aliphatic carbocycles. The van der Waals surface area contributed by atoms with Gasteiger partial charge in [0.2, 0.25) is 11.8 Å². The van der Waals surface area contributed by atoms with Crippen molar-refractivity contribution in [2.75, 3.05) is 36.5 Å². The van der Waals surface area contributed by atoms with Crippen molar-refractivity contribution in [3.63, 3.8) is 0 Å². The predicted molar refractivity (Wildman–Crippen MR) is 121 cm³/mol. The number of halogens is 1. The lowest BCUT2D eigenvalue weighted by atomic mass is 10.2. The van der Waals surface area contributed by atoms with E-state index in [4.69, 9.17) is 9.15 Å². The number of morpholine rings is 1. The van der Waals surface area contributed by atoms with E-state index in [1.165, 1.54) is 11.8 Å². The summed E-state index contributed by atoms with van der Waals surface area (Å²) in [6.45, 7) is 5.05. The summed E-state index contributed by atoms with van der Waals surface area (Å²) in [6, 6.07) is 15.5. The second-order valence-corrected chi connectivity index (χ2v) is 8.89. The van der Waals surface area contributed by atoms with Crippen LogP contribution in [-0.2, 0) is 9.53 Å². The van der Waals surface area contributed by atoms with Crippen LogP contribution in [0.1, 0.15) is 6.92 Å². The molecule has 0 unspecified atom stereocenters. The van der Waals surface area contributed by atoms with E-state index >= 15 is 0 Å². The Balaban J connectivity index is 1.34. The summed E-state index contributed by atoms with van der Waals surface area (Å²) in [5, 5.41) is 11.0. The zero-order valence-corrected chi connectivity index (χ0v) is 18.8. The van der Waals surface area contributed by atoms with Crippen LogP contribution >= 0.6 is 27.7 Å². The molecule has 1 saturated heterocycles. The van der Waals surface area contributed by atoms with Gasteiger partial charge in [0.15, 0.2) is 0 Å². The van der Waals surface area contributed by atoms with Crippen LogP contribution in [-0.4, -0.2) is 47.7 Å². The summed E-state index contributed by atoms with van der Waals surface area (Å²) in [5.74, 6) is 0.288. The molecule has 0 saturated carbocycles. The molecule has 1 aromatic heterocycles. The zero-order valence-electron chi connectivity index (χ0n) is 16.4. The number of nitrogens with zero attached hydrogens (tertiary/aromatic N) is 3. The van der Waals surface area contributed by atoms with Crippen LogP contribution in [0.25, 0.3) is 11.5 Å². The normalized spacial score (nSPS) is 15.1. The SMILES string of the molecule is C[C@@H](Sc1nnc(-c2ccccc2Br)o1)C(=O)Nc1ccc(N2CCOCC2)cc1. The number of rotatable bonds is 6. The maximum atomic E-state index is 12.6. The van der Waals surface area contributed by atoms with Gasteiger partial charge < -0.3 is 19.4 Å². The minimum Gasteiger partial charge on any atom is -0.411 e. The molecule has 1 amide bonds. The number of ether oxygens (including phenoxy) is 1. The first-order chi connectivity index (χ1) is 14.6. The Morgan fingerprint density at radius 3 is 2.60 bits per heavy atom. The first-order valence-corrected chi connectivity index (χ1v) is 11.3. The Labute approximate surface area is 187 Å². The number of benzene rings is 2. The third kappa shape index (κ3) is 5.03. The highest BCUT2D eigenvalue weighted by Crippen LogP contribution is 2.30. The molecule has 9 heteroatoms. The number of thioether (sulfide) groups is 1. The van der Waals surface area contributed by atoms with Gasteiger partial charge in [-0.3, -0.25) is 4.79 Å². The highest BCUT2D eigenvalue weighted by molar-refractivity contribution is 9.10. The van der Waals surface area contributed by atoms with Gasteiger partial charge in [0.1, 0.15) is 0 Å². The maximum absolute atomic E-state index is 12.6. The molecule has 3 aromatic rings. The molecular weight excluding hydrogens is 468 g/mol. The molecule has 1 atom stereocenters. The van der Waals surface area contributed by atoms with Crippen LogP contribution < -0.4 is 10.2 Å². The Bertz CT molecular complexity index is 1010. The van der Waals surface area contributed by atoms with Crippen molar-refractivity contribution in [2.45, 2.75) is 17.4 Å². The molecule has 156 valence electrons. The van der Waals surface area contributed by atoms with Crippen LogP contribution in [0, 0.1) is 0 Å². The van der Waals surface area contributed by atoms with E-state index in [-0.39, 0.29) is 5.91 Å². The van der Waals surface area contributed by atoms with Crippen molar-refractivity contribution in [3.05, 3.63) is 53.0 Å². The van der Waals surface area contributed by atoms with Gasteiger partial charge >= 0.3 is 0 Å². The maximum Gasteiger partial charge on any atom is 0.277 e. The van der Waals surface area contributed by atoms with E-state index in [1.54, 1.807) is 0 Å². The van der Waals surface area contributed by atoms with Gasteiger partial charge in [-0.25, -0.2) is 0 Å². The molecule has 0 radical (unpaired) electrons. The minimum atomic E-state index is -0.392. The Morgan fingerprint density at radius 2 is 1.87 bits per heavy atom. The van der Waals surface area contributed by atoms with Crippen LogP contribution in [0.5, 0.6) is 0 Å². The van der Waals surface area contributed by atoms with Crippen molar-refractivity contribution in [1.82, 2.24) is 10.2 Å². The second-order valence-electron chi connectivity index (χ2n) is 6.75. The van der Waals surface area contributed by atoms with Gasteiger partial charge in [0.05, 0.1) is 24.0 Å². The van der Waals surface area contributed by atoms with Crippen LogP contribution in [0.2, 0.25) is 0 Å². The molecule has 1 aliphatic heterocycles. The summed E-state index contributed by atoms with van der Waals surface area (Å²) >= 11 is 4.70. The average molecular weight is 489 g/mol. The zero-order chi connectivity index (χ0) is 20.9. The van der Waals surface area contributed by atoms with Gasteiger partial charge in [-0.1, -0.05) is 23.9 Å². The summed E-state index contributed by atoms with van der Waals surface area (Å²) in [4.78, 5) is 14.8. The monoisotopic (exact) mass is 488 g/mol. The highest BCUT2D eigenvalue weighted by Gasteiger charge is 2.20. The first-order valence-electron chi connectivity index (χ1n) is 9.59. The fourth-order valence-corrected chi connectivity index (χ4v) is 4.16. The number of amides is 1. The van der Waals surface area contributed by atoms with Gasteiger partial charge in [0, 0.05) is 28.9 Å². The lowest BCUT2D eigenvalue weighted by Crippen LogP contribution is -2.36. The number of anilines is 2. The lowest BCUT2D eigenvalue weighted by molar-refractivity contribution is -0.115. The second kappa shape index (κ2) is 9.63. The Morgan fingerprint density at radius 1 is 1.13 bits per heavy atom. The molecular formula is C21H21BrN4O3S. The van der Waals surface area contributed by atoms with Crippen molar-refractivity contribution >= 4 is 45.0 Å². The smallest absolute Gasteiger partial charge is 0.277 e. The van der Waals surface area contributed by atoms with Gasteiger partial charge in [-0.05, 0) is 59.3 Å². The number of nitrogens with one attached hydrogen (secondary N) is 1. The van der Waals surface area contributed by atoms with Crippen LogP contribution in [0.15, 0.2) is 62.6 Å². The number of carbonyl (C=O) groups is 1. The van der Waals surface area contributed by atoms with Crippen molar-refractivity contribution < 1.29 is 13.9 Å². The van der Waals surface area contributed by atoms with Crippen molar-refractivity contribution in [3.8, 4) is 11.5 Å². The van der Waals surface area contributed by atoms with E-state index < -0.39 is 5.25 Å². The van der Waals surface area contributed by atoms with E-state index in [1.807, 2.05) is 55.5 Å². The molecule has 2 aromatic carbocycles. The van der Waals surface area contributed by atoms with E-state index in [0.29, 0.717) is 11.1 Å².